The molecule has 0 spiro atoms. The second kappa shape index (κ2) is 9.22. The summed E-state index contributed by atoms with van der Waals surface area (Å²) >= 11 is 0. The molecule has 0 radical (unpaired) electrons. The van der Waals surface area contributed by atoms with Gasteiger partial charge in [-0.25, -0.2) is 4.79 Å². The molecule has 0 fully saturated rings. The number of para-hydroxylation sites is 1. The Hall–Kier alpha value is -3.99. The van der Waals surface area contributed by atoms with Crippen molar-refractivity contribution in [2.75, 3.05) is 10.3 Å². The molecule has 8 heteroatoms. The summed E-state index contributed by atoms with van der Waals surface area (Å²) in [6, 6.07) is 14.1. The minimum atomic E-state index is -1.12. The Kier molecular flexibility index (Phi) is 6.46. The van der Waals surface area contributed by atoms with Gasteiger partial charge in [-0.05, 0) is 50.1 Å². The molecule has 0 saturated carbocycles. The van der Waals surface area contributed by atoms with E-state index in [1.165, 1.54) is 11.9 Å². The van der Waals surface area contributed by atoms with E-state index >= 15 is 0 Å². The van der Waals surface area contributed by atoms with E-state index in [-0.39, 0.29) is 24.5 Å². The molecule has 8 nitrogen and oxygen atoms in total. The monoisotopic (exact) mass is 418 g/mol. The van der Waals surface area contributed by atoms with Crippen LogP contribution >= 0.6 is 0 Å². The summed E-state index contributed by atoms with van der Waals surface area (Å²) in [7, 11) is 0. The molecule has 31 heavy (non-hydrogen) atoms. The molecule has 0 bridgehead atoms. The van der Waals surface area contributed by atoms with Crippen molar-refractivity contribution in [2.45, 2.75) is 39.7 Å². The maximum Gasteiger partial charge on any atom is 0.355 e. The number of carbonyl (C=O) groups excluding carboxylic acids is 3. The molecule has 1 unspecified atom stereocenters. The predicted octanol–water partition coefficient (Wildman–Crippen LogP) is 3.23. The zero-order valence-electron chi connectivity index (χ0n) is 17.5. The summed E-state index contributed by atoms with van der Waals surface area (Å²) in [5.41, 5.74) is 3.11. The number of amides is 2. The van der Waals surface area contributed by atoms with Gasteiger partial charge >= 0.3 is 5.97 Å². The number of aryl methyl sites for hydroxylation is 2. The van der Waals surface area contributed by atoms with E-state index in [2.05, 4.69) is 10.4 Å². The number of nitrogens with one attached hydrogen (secondary N) is 1. The fourth-order valence-electron chi connectivity index (χ4n) is 3.04. The van der Waals surface area contributed by atoms with Crippen LogP contribution < -0.4 is 10.3 Å². The van der Waals surface area contributed by atoms with E-state index in [0.717, 1.165) is 11.1 Å². The largest absolute Gasteiger partial charge is 0.448 e. The van der Waals surface area contributed by atoms with E-state index in [4.69, 9.17) is 10.00 Å². The van der Waals surface area contributed by atoms with Crippen molar-refractivity contribution >= 4 is 34.9 Å². The molecule has 2 amide bonds. The molecule has 1 N–H and O–H groups in total. The smallest absolute Gasteiger partial charge is 0.355 e. The number of rotatable bonds is 5. The van der Waals surface area contributed by atoms with Crippen LogP contribution in [0.3, 0.4) is 0 Å². The van der Waals surface area contributed by atoms with Gasteiger partial charge in [0.25, 0.3) is 5.91 Å². The maximum absolute atomic E-state index is 12.6. The maximum atomic E-state index is 12.6. The normalized spacial score (nSPS) is 14.3. The van der Waals surface area contributed by atoms with Gasteiger partial charge in [0.2, 0.25) is 5.91 Å². The van der Waals surface area contributed by atoms with Gasteiger partial charge in [-0.2, -0.15) is 15.4 Å². The molecule has 1 aliphatic heterocycles. The average molecular weight is 418 g/mol. The van der Waals surface area contributed by atoms with Crippen molar-refractivity contribution in [2.24, 2.45) is 5.10 Å². The summed E-state index contributed by atoms with van der Waals surface area (Å²) in [4.78, 5) is 37.4. The SMILES string of the molecule is Cc1ccc(C)c(N2N=C(C(=O)OC(C)C(=O)Nc3ccccc3C#N)CCC2=O)c1. The molecule has 1 aliphatic rings. The van der Waals surface area contributed by atoms with E-state index < -0.39 is 18.0 Å². The second-order valence-electron chi connectivity index (χ2n) is 7.24. The van der Waals surface area contributed by atoms with Gasteiger partial charge in [-0.1, -0.05) is 24.3 Å². The fraction of sp³-hybridized carbons (Fsp3) is 0.261. The van der Waals surface area contributed by atoms with Crippen LogP contribution in [0.1, 0.15) is 36.5 Å². The van der Waals surface area contributed by atoms with E-state index in [1.807, 2.05) is 38.1 Å². The number of nitrogens with zero attached hydrogens (tertiary/aromatic N) is 3. The number of anilines is 2. The first kappa shape index (κ1) is 21.7. The number of hydrazone groups is 1. The first-order valence-electron chi connectivity index (χ1n) is 9.79. The van der Waals surface area contributed by atoms with Gasteiger partial charge in [-0.3, -0.25) is 9.59 Å². The third-order valence-electron chi connectivity index (χ3n) is 4.82. The van der Waals surface area contributed by atoms with Crippen LogP contribution in [0, 0.1) is 25.2 Å². The van der Waals surface area contributed by atoms with Gasteiger partial charge in [0, 0.05) is 12.8 Å². The topological polar surface area (TPSA) is 112 Å². The zero-order valence-corrected chi connectivity index (χ0v) is 17.5. The highest BCUT2D eigenvalue weighted by atomic mass is 16.5. The third-order valence-corrected chi connectivity index (χ3v) is 4.82. The third kappa shape index (κ3) is 4.95. The van der Waals surface area contributed by atoms with Crippen LogP contribution in [-0.2, 0) is 19.1 Å². The summed E-state index contributed by atoms with van der Waals surface area (Å²) in [6.45, 7) is 5.19. The first-order valence-corrected chi connectivity index (χ1v) is 9.79. The Morgan fingerprint density at radius 1 is 1.19 bits per heavy atom. The molecule has 0 saturated heterocycles. The lowest BCUT2D eigenvalue weighted by molar-refractivity contribution is -0.146. The van der Waals surface area contributed by atoms with E-state index in [1.54, 1.807) is 24.3 Å². The highest BCUT2D eigenvalue weighted by molar-refractivity contribution is 6.38. The van der Waals surface area contributed by atoms with Crippen LogP contribution in [0.15, 0.2) is 47.6 Å². The minimum Gasteiger partial charge on any atom is -0.448 e. The van der Waals surface area contributed by atoms with Gasteiger partial charge in [0.05, 0.1) is 16.9 Å². The molecule has 1 heterocycles. The second-order valence-corrected chi connectivity index (χ2v) is 7.24. The Labute approximate surface area is 180 Å². The molecule has 2 aromatic carbocycles. The molecule has 2 aromatic rings. The number of benzene rings is 2. The average Bonchev–Trinajstić information content (AvgIpc) is 2.76. The molecule has 0 aromatic heterocycles. The van der Waals surface area contributed by atoms with Gasteiger partial charge in [0.15, 0.2) is 6.10 Å². The number of nitriles is 1. The first-order chi connectivity index (χ1) is 14.8. The summed E-state index contributed by atoms with van der Waals surface area (Å²) in [5.74, 6) is -1.56. The number of esters is 1. The van der Waals surface area contributed by atoms with E-state index in [0.29, 0.717) is 16.9 Å². The summed E-state index contributed by atoms with van der Waals surface area (Å²) in [6.07, 6.45) is -0.879. The van der Waals surface area contributed by atoms with Crippen LogP contribution in [0.25, 0.3) is 0 Å². The lowest BCUT2D eigenvalue weighted by atomic mass is 10.1. The van der Waals surface area contributed by atoms with Crippen LogP contribution in [0.4, 0.5) is 11.4 Å². The van der Waals surface area contributed by atoms with Crippen molar-refractivity contribution in [3.63, 3.8) is 0 Å². The molecule has 1 atom stereocenters. The summed E-state index contributed by atoms with van der Waals surface area (Å²) < 4.78 is 5.27. The van der Waals surface area contributed by atoms with Crippen LogP contribution in [0.5, 0.6) is 0 Å². The quantitative estimate of drug-likeness (QED) is 0.749. The molecule has 3 rings (SSSR count). The lowest BCUT2D eigenvalue weighted by Crippen LogP contribution is -2.38. The zero-order chi connectivity index (χ0) is 22.5. The number of ether oxygens (including phenoxy) is 1. The van der Waals surface area contributed by atoms with Gasteiger partial charge < -0.3 is 10.1 Å². The predicted molar refractivity (Wildman–Crippen MR) is 115 cm³/mol. The van der Waals surface area contributed by atoms with Crippen molar-refractivity contribution < 1.29 is 19.1 Å². The molecule has 0 aliphatic carbocycles. The van der Waals surface area contributed by atoms with Crippen LogP contribution in [-0.4, -0.2) is 29.6 Å². The summed E-state index contributed by atoms with van der Waals surface area (Å²) in [5, 5.41) is 17.1. The van der Waals surface area contributed by atoms with Crippen molar-refractivity contribution in [1.82, 2.24) is 0 Å². The number of carbonyl (C=O) groups is 3. The molecular formula is C23H22N4O4. The number of hydrogen-bond acceptors (Lipinski definition) is 6. The molecule has 158 valence electrons. The standard InChI is InChI=1S/C23H22N4O4/c1-14-8-9-15(2)20(12-14)27-21(28)11-10-19(26-27)23(30)31-16(3)22(29)25-18-7-5-4-6-17(18)13-24/h4-9,12,16H,10-11H2,1-3H3,(H,25,29). The van der Waals surface area contributed by atoms with E-state index in [9.17, 15) is 14.4 Å². The fourth-order valence-corrected chi connectivity index (χ4v) is 3.04. The highest BCUT2D eigenvalue weighted by Gasteiger charge is 2.29. The highest BCUT2D eigenvalue weighted by Crippen LogP contribution is 2.25. The Morgan fingerprint density at radius 2 is 1.94 bits per heavy atom. The molecular weight excluding hydrogens is 396 g/mol. The van der Waals surface area contributed by atoms with Crippen molar-refractivity contribution in [3.05, 3.63) is 59.2 Å². The van der Waals surface area contributed by atoms with Crippen molar-refractivity contribution in [1.29, 1.82) is 5.26 Å². The minimum absolute atomic E-state index is 0.0672. The Morgan fingerprint density at radius 3 is 2.68 bits per heavy atom. The van der Waals surface area contributed by atoms with Crippen LogP contribution in [0.2, 0.25) is 0 Å². The number of hydrogen-bond donors (Lipinski definition) is 1. The lowest BCUT2D eigenvalue weighted by Gasteiger charge is -2.25. The Balaban J connectivity index is 1.73. The Bertz CT molecular complexity index is 1120. The van der Waals surface area contributed by atoms with Crippen molar-refractivity contribution in [3.8, 4) is 6.07 Å². The van der Waals surface area contributed by atoms with Gasteiger partial charge in [0.1, 0.15) is 11.8 Å². The van der Waals surface area contributed by atoms with Gasteiger partial charge in [-0.15, -0.1) is 0 Å².